The molecule has 1 rings (SSSR count). The zero-order chi connectivity index (χ0) is 11.3. The van der Waals surface area contributed by atoms with Crippen molar-refractivity contribution in [3.8, 4) is 0 Å². The molecule has 3 nitrogen and oxygen atoms in total. The van der Waals surface area contributed by atoms with E-state index in [1.807, 2.05) is 7.11 Å². The number of nitrogens with two attached hydrogens (primary N) is 1. The minimum absolute atomic E-state index is 0.129. The van der Waals surface area contributed by atoms with Gasteiger partial charge in [0.15, 0.2) is 0 Å². The van der Waals surface area contributed by atoms with Gasteiger partial charge in [-0.3, -0.25) is 11.3 Å². The molecule has 15 heavy (non-hydrogen) atoms. The van der Waals surface area contributed by atoms with Gasteiger partial charge in [-0.15, -0.1) is 0 Å². The van der Waals surface area contributed by atoms with E-state index in [-0.39, 0.29) is 5.60 Å². The fourth-order valence-electron chi connectivity index (χ4n) is 2.37. The lowest BCUT2D eigenvalue weighted by atomic mass is 9.74. The molecule has 0 aromatic rings. The molecule has 0 aliphatic heterocycles. The second-order valence-electron chi connectivity index (χ2n) is 5.06. The lowest BCUT2D eigenvalue weighted by Gasteiger charge is -2.43. The Hall–Kier alpha value is -0.120. The molecule has 0 saturated heterocycles. The molecule has 2 unspecified atom stereocenters. The second kappa shape index (κ2) is 5.83. The lowest BCUT2D eigenvalue weighted by Crippen LogP contribution is -2.48. The molecule has 0 aromatic carbocycles. The largest absolute Gasteiger partial charge is 0.378 e. The highest BCUT2D eigenvalue weighted by Gasteiger charge is 2.38. The van der Waals surface area contributed by atoms with Crippen LogP contribution in [-0.2, 0) is 4.74 Å². The SMILES string of the molecule is CCC(C)CC(CC1(OC)CCC1)NN. The molecule has 0 spiro atoms. The van der Waals surface area contributed by atoms with Gasteiger partial charge in [0, 0.05) is 13.2 Å². The van der Waals surface area contributed by atoms with Gasteiger partial charge in [-0.2, -0.15) is 0 Å². The van der Waals surface area contributed by atoms with Gasteiger partial charge >= 0.3 is 0 Å². The van der Waals surface area contributed by atoms with Crippen molar-refractivity contribution in [2.75, 3.05) is 7.11 Å². The predicted octanol–water partition coefficient (Wildman–Crippen LogP) is 2.21. The van der Waals surface area contributed by atoms with Gasteiger partial charge in [-0.1, -0.05) is 20.3 Å². The fraction of sp³-hybridized carbons (Fsp3) is 1.00. The molecule has 1 aliphatic rings. The molecule has 1 fully saturated rings. The third-order valence-corrected chi connectivity index (χ3v) is 3.94. The molecular weight excluding hydrogens is 188 g/mol. The van der Waals surface area contributed by atoms with Crippen LogP contribution in [0, 0.1) is 5.92 Å². The Balaban J connectivity index is 2.38. The number of nitrogens with one attached hydrogen (secondary N) is 1. The molecule has 0 amide bonds. The lowest BCUT2D eigenvalue weighted by molar-refractivity contribution is -0.0845. The Bertz CT molecular complexity index is 175. The number of ether oxygens (including phenoxy) is 1. The second-order valence-corrected chi connectivity index (χ2v) is 5.06. The van der Waals surface area contributed by atoms with E-state index in [4.69, 9.17) is 10.6 Å². The van der Waals surface area contributed by atoms with Crippen molar-refractivity contribution in [3.63, 3.8) is 0 Å². The number of methoxy groups -OCH3 is 1. The van der Waals surface area contributed by atoms with Crippen LogP contribution in [-0.4, -0.2) is 18.8 Å². The van der Waals surface area contributed by atoms with Crippen LogP contribution in [0.1, 0.15) is 52.4 Å². The van der Waals surface area contributed by atoms with Crippen molar-refractivity contribution < 1.29 is 4.74 Å². The Morgan fingerprint density at radius 3 is 2.47 bits per heavy atom. The van der Waals surface area contributed by atoms with Crippen molar-refractivity contribution in [3.05, 3.63) is 0 Å². The summed E-state index contributed by atoms with van der Waals surface area (Å²) in [6, 6.07) is 0.403. The van der Waals surface area contributed by atoms with E-state index >= 15 is 0 Å². The van der Waals surface area contributed by atoms with Crippen LogP contribution < -0.4 is 11.3 Å². The molecule has 0 bridgehead atoms. The zero-order valence-electron chi connectivity index (χ0n) is 10.4. The monoisotopic (exact) mass is 214 g/mol. The maximum atomic E-state index is 5.63. The van der Waals surface area contributed by atoms with Crippen LogP contribution in [0.2, 0.25) is 0 Å². The summed E-state index contributed by atoms with van der Waals surface area (Å²) in [7, 11) is 1.83. The highest BCUT2D eigenvalue weighted by molar-refractivity contribution is 4.92. The molecule has 1 aliphatic carbocycles. The van der Waals surface area contributed by atoms with Crippen molar-refractivity contribution >= 4 is 0 Å². The standard InChI is InChI=1S/C12H26N2O/c1-4-10(2)8-11(14-13)9-12(15-3)6-5-7-12/h10-11,14H,4-9,13H2,1-3H3. The summed E-state index contributed by atoms with van der Waals surface area (Å²) in [6.07, 6.45) is 7.12. The van der Waals surface area contributed by atoms with Gasteiger partial charge in [0.1, 0.15) is 0 Å². The van der Waals surface area contributed by atoms with Gasteiger partial charge in [0.25, 0.3) is 0 Å². The van der Waals surface area contributed by atoms with Crippen LogP contribution >= 0.6 is 0 Å². The van der Waals surface area contributed by atoms with Crippen LogP contribution in [0.15, 0.2) is 0 Å². The maximum absolute atomic E-state index is 5.63. The van der Waals surface area contributed by atoms with Crippen LogP contribution in [0.4, 0.5) is 0 Å². The molecule has 1 saturated carbocycles. The Morgan fingerprint density at radius 1 is 1.47 bits per heavy atom. The molecule has 0 aromatic heterocycles. The summed E-state index contributed by atoms with van der Waals surface area (Å²) in [5.41, 5.74) is 3.07. The highest BCUT2D eigenvalue weighted by atomic mass is 16.5. The summed E-state index contributed by atoms with van der Waals surface area (Å²) in [6.45, 7) is 4.51. The fourth-order valence-corrected chi connectivity index (χ4v) is 2.37. The first-order valence-corrected chi connectivity index (χ1v) is 6.17. The number of rotatable bonds is 7. The third-order valence-electron chi connectivity index (χ3n) is 3.94. The first-order valence-electron chi connectivity index (χ1n) is 6.17. The predicted molar refractivity (Wildman–Crippen MR) is 63.4 cm³/mol. The summed E-state index contributed by atoms with van der Waals surface area (Å²) in [5, 5.41) is 0. The van der Waals surface area contributed by atoms with Gasteiger partial charge in [0.2, 0.25) is 0 Å². The van der Waals surface area contributed by atoms with Gasteiger partial charge < -0.3 is 4.74 Å². The normalized spacial score (nSPS) is 23.2. The van der Waals surface area contributed by atoms with Crippen molar-refractivity contribution in [1.82, 2.24) is 5.43 Å². The van der Waals surface area contributed by atoms with E-state index in [0.717, 1.165) is 18.8 Å². The van der Waals surface area contributed by atoms with E-state index in [1.54, 1.807) is 0 Å². The van der Waals surface area contributed by atoms with E-state index in [9.17, 15) is 0 Å². The van der Waals surface area contributed by atoms with E-state index < -0.39 is 0 Å². The first-order chi connectivity index (χ1) is 7.15. The average Bonchev–Trinajstić information content (AvgIpc) is 2.21. The molecule has 3 N–H and O–H groups in total. The van der Waals surface area contributed by atoms with Gasteiger partial charge in [-0.05, 0) is 38.0 Å². The van der Waals surface area contributed by atoms with Crippen LogP contribution in [0.5, 0.6) is 0 Å². The van der Waals surface area contributed by atoms with Gasteiger partial charge in [-0.25, -0.2) is 0 Å². The Morgan fingerprint density at radius 2 is 2.13 bits per heavy atom. The van der Waals surface area contributed by atoms with Crippen LogP contribution in [0.25, 0.3) is 0 Å². The third kappa shape index (κ3) is 3.44. The maximum Gasteiger partial charge on any atom is 0.0694 e. The summed E-state index contributed by atoms with van der Waals surface area (Å²) >= 11 is 0. The number of hydrogen-bond donors (Lipinski definition) is 2. The highest BCUT2D eigenvalue weighted by Crippen LogP contribution is 2.39. The molecule has 0 radical (unpaired) electrons. The minimum Gasteiger partial charge on any atom is -0.378 e. The van der Waals surface area contributed by atoms with E-state index in [1.165, 1.54) is 25.7 Å². The van der Waals surface area contributed by atoms with E-state index in [2.05, 4.69) is 19.3 Å². The minimum atomic E-state index is 0.129. The first kappa shape index (κ1) is 12.9. The summed E-state index contributed by atoms with van der Waals surface area (Å²) in [4.78, 5) is 0. The molecule has 0 heterocycles. The quantitative estimate of drug-likeness (QED) is 0.504. The van der Waals surface area contributed by atoms with Crippen molar-refractivity contribution in [2.45, 2.75) is 64.0 Å². The van der Waals surface area contributed by atoms with Crippen molar-refractivity contribution in [2.24, 2.45) is 11.8 Å². The number of hydrogen-bond acceptors (Lipinski definition) is 3. The van der Waals surface area contributed by atoms with Gasteiger partial charge in [0.05, 0.1) is 5.60 Å². The smallest absolute Gasteiger partial charge is 0.0694 e. The summed E-state index contributed by atoms with van der Waals surface area (Å²) < 4.78 is 5.63. The van der Waals surface area contributed by atoms with E-state index in [0.29, 0.717) is 6.04 Å². The van der Waals surface area contributed by atoms with Crippen molar-refractivity contribution in [1.29, 1.82) is 0 Å². The Kier molecular flexibility index (Phi) is 5.03. The average molecular weight is 214 g/mol. The number of hydrazine groups is 1. The summed E-state index contributed by atoms with van der Waals surface area (Å²) in [5.74, 6) is 6.35. The topological polar surface area (TPSA) is 47.3 Å². The molecule has 90 valence electrons. The Labute approximate surface area is 93.7 Å². The van der Waals surface area contributed by atoms with Crippen LogP contribution in [0.3, 0.4) is 0 Å². The molecular formula is C12H26N2O. The molecule has 3 heteroatoms. The molecule has 2 atom stereocenters. The zero-order valence-corrected chi connectivity index (χ0v) is 10.4.